The van der Waals surface area contributed by atoms with Gasteiger partial charge < -0.3 is 4.90 Å². The molecule has 0 radical (unpaired) electrons. The molecule has 58 valence electrons. The molecule has 2 rings (SSSR count). The Labute approximate surface area is 76.3 Å². The van der Waals surface area contributed by atoms with Gasteiger partial charge in [0.05, 0.1) is 0 Å². The van der Waals surface area contributed by atoms with Gasteiger partial charge in [0, 0.05) is 17.0 Å². The number of hydrogen-bond donors (Lipinski definition) is 0. The van der Waals surface area contributed by atoms with E-state index in [9.17, 15) is 0 Å². The molecule has 2 fully saturated rings. The fourth-order valence-electron chi connectivity index (χ4n) is 2.46. The molecule has 3 atom stereocenters. The molecule has 2 heteroatoms. The second-order valence-electron chi connectivity index (χ2n) is 3.81. The molecule has 2 aliphatic rings. The van der Waals surface area contributed by atoms with Gasteiger partial charge in [-0.1, -0.05) is 22.6 Å². The first-order valence-electron chi connectivity index (χ1n) is 4.08. The van der Waals surface area contributed by atoms with E-state index in [2.05, 4.69) is 34.5 Å². The summed E-state index contributed by atoms with van der Waals surface area (Å²) in [7, 11) is 2.25. The van der Waals surface area contributed by atoms with Gasteiger partial charge in [0.2, 0.25) is 0 Å². The van der Waals surface area contributed by atoms with Gasteiger partial charge in [-0.15, -0.1) is 0 Å². The summed E-state index contributed by atoms with van der Waals surface area (Å²) in [6.07, 6.45) is 2.96. The van der Waals surface area contributed by atoms with E-state index in [4.69, 9.17) is 0 Å². The molecule has 0 amide bonds. The van der Waals surface area contributed by atoms with Gasteiger partial charge in [0.15, 0.2) is 0 Å². The minimum absolute atomic E-state index is 0.987. The van der Waals surface area contributed by atoms with E-state index in [1.165, 1.54) is 25.9 Å². The van der Waals surface area contributed by atoms with Crippen molar-refractivity contribution in [1.29, 1.82) is 0 Å². The largest absolute Gasteiger partial charge is 0.306 e. The first-order valence-corrected chi connectivity index (χ1v) is 5.33. The Morgan fingerprint density at radius 1 is 1.20 bits per heavy atom. The van der Waals surface area contributed by atoms with Crippen molar-refractivity contribution in [3.05, 3.63) is 0 Å². The molecule has 1 aliphatic heterocycles. The average Bonchev–Trinajstić information content (AvgIpc) is 2.21. The van der Waals surface area contributed by atoms with Crippen LogP contribution in [-0.2, 0) is 0 Å². The van der Waals surface area contributed by atoms with Crippen LogP contribution in [-0.4, -0.2) is 29.0 Å². The number of fused-ring (bicyclic) bond motifs is 1. The Kier molecular flexibility index (Phi) is 1.93. The fraction of sp³-hybridized carbons (Fsp3) is 1.00. The summed E-state index contributed by atoms with van der Waals surface area (Å²) < 4.78 is 0.987. The predicted octanol–water partition coefficient (Wildman–Crippen LogP) is 1.76. The Morgan fingerprint density at radius 2 is 1.70 bits per heavy atom. The highest BCUT2D eigenvalue weighted by molar-refractivity contribution is 14.1. The molecule has 0 aromatic rings. The van der Waals surface area contributed by atoms with Gasteiger partial charge in [-0.05, 0) is 31.7 Å². The van der Waals surface area contributed by atoms with Crippen molar-refractivity contribution < 1.29 is 0 Å². The van der Waals surface area contributed by atoms with E-state index < -0.39 is 0 Å². The maximum atomic E-state index is 2.61. The number of alkyl halides is 1. The SMILES string of the molecule is CN1C[C@H]2CC(I)C[C@H]2C1. The highest BCUT2D eigenvalue weighted by atomic mass is 127. The molecule has 0 N–H and O–H groups in total. The third-order valence-electron chi connectivity index (χ3n) is 2.88. The van der Waals surface area contributed by atoms with Crippen LogP contribution in [0.1, 0.15) is 12.8 Å². The highest BCUT2D eigenvalue weighted by Gasteiger charge is 2.38. The van der Waals surface area contributed by atoms with E-state index in [1.54, 1.807) is 0 Å². The van der Waals surface area contributed by atoms with Crippen LogP contribution in [0, 0.1) is 11.8 Å². The van der Waals surface area contributed by atoms with Crippen molar-refractivity contribution in [3.8, 4) is 0 Å². The van der Waals surface area contributed by atoms with Gasteiger partial charge in [-0.2, -0.15) is 0 Å². The van der Waals surface area contributed by atoms with Crippen LogP contribution in [0.15, 0.2) is 0 Å². The van der Waals surface area contributed by atoms with Crippen LogP contribution in [0.2, 0.25) is 0 Å². The van der Waals surface area contributed by atoms with Crippen molar-refractivity contribution in [2.24, 2.45) is 11.8 Å². The van der Waals surface area contributed by atoms with Gasteiger partial charge >= 0.3 is 0 Å². The standard InChI is InChI=1S/C8H14IN/c1-10-4-6-2-8(9)3-7(6)5-10/h6-8H,2-5H2,1H3/t6-,7+,8?. The summed E-state index contributed by atoms with van der Waals surface area (Å²) in [5, 5.41) is 0. The smallest absolute Gasteiger partial charge is 0.0116 e. The number of nitrogens with zero attached hydrogens (tertiary/aromatic N) is 1. The predicted molar refractivity (Wildman–Crippen MR) is 51.5 cm³/mol. The molecular weight excluding hydrogens is 237 g/mol. The average molecular weight is 251 g/mol. The Balaban J connectivity index is 2.00. The number of likely N-dealkylation sites (tertiary alicyclic amines) is 1. The fourth-order valence-corrected chi connectivity index (χ4v) is 3.77. The van der Waals surface area contributed by atoms with Crippen molar-refractivity contribution in [3.63, 3.8) is 0 Å². The first kappa shape index (κ1) is 7.35. The second-order valence-corrected chi connectivity index (χ2v) is 5.57. The van der Waals surface area contributed by atoms with Gasteiger partial charge in [0.25, 0.3) is 0 Å². The Bertz CT molecular complexity index is 109. The van der Waals surface area contributed by atoms with Crippen molar-refractivity contribution in [2.75, 3.05) is 20.1 Å². The summed E-state index contributed by atoms with van der Waals surface area (Å²) in [6.45, 7) is 2.73. The van der Waals surface area contributed by atoms with E-state index in [1.807, 2.05) is 0 Å². The van der Waals surface area contributed by atoms with Gasteiger partial charge in [-0.3, -0.25) is 0 Å². The summed E-state index contributed by atoms with van der Waals surface area (Å²) in [5.41, 5.74) is 0. The van der Waals surface area contributed by atoms with Crippen molar-refractivity contribution in [1.82, 2.24) is 4.90 Å². The topological polar surface area (TPSA) is 3.24 Å². The molecule has 1 nitrogen and oxygen atoms in total. The number of hydrogen-bond acceptors (Lipinski definition) is 1. The molecule has 1 unspecified atom stereocenters. The van der Waals surface area contributed by atoms with Crippen LogP contribution >= 0.6 is 22.6 Å². The van der Waals surface area contributed by atoms with Crippen LogP contribution < -0.4 is 0 Å². The second kappa shape index (κ2) is 2.63. The first-order chi connectivity index (χ1) is 4.75. The summed E-state index contributed by atoms with van der Waals surface area (Å²) in [6, 6.07) is 0. The van der Waals surface area contributed by atoms with Gasteiger partial charge in [0.1, 0.15) is 0 Å². The molecule has 1 aliphatic carbocycles. The Morgan fingerprint density at radius 3 is 2.20 bits per heavy atom. The zero-order valence-corrected chi connectivity index (χ0v) is 8.54. The summed E-state index contributed by atoms with van der Waals surface area (Å²) >= 11 is 2.61. The highest BCUT2D eigenvalue weighted by Crippen LogP contribution is 2.40. The van der Waals surface area contributed by atoms with Crippen molar-refractivity contribution in [2.45, 2.75) is 16.8 Å². The number of rotatable bonds is 0. The third-order valence-corrected chi connectivity index (χ3v) is 3.89. The lowest BCUT2D eigenvalue weighted by molar-refractivity contribution is 0.381. The minimum Gasteiger partial charge on any atom is -0.306 e. The molecule has 0 bridgehead atoms. The quantitative estimate of drug-likeness (QED) is 0.468. The molecule has 10 heavy (non-hydrogen) atoms. The van der Waals surface area contributed by atoms with Gasteiger partial charge in [-0.25, -0.2) is 0 Å². The summed E-state index contributed by atoms with van der Waals surface area (Å²) in [4.78, 5) is 2.48. The molecular formula is C8H14IN. The van der Waals surface area contributed by atoms with Crippen LogP contribution in [0.4, 0.5) is 0 Å². The lowest BCUT2D eigenvalue weighted by Crippen LogP contribution is -2.16. The zero-order chi connectivity index (χ0) is 7.14. The maximum absolute atomic E-state index is 2.61. The lowest BCUT2D eigenvalue weighted by Gasteiger charge is -2.09. The Hall–Kier alpha value is 0.690. The molecule has 0 aromatic heterocycles. The van der Waals surface area contributed by atoms with E-state index in [0.29, 0.717) is 0 Å². The lowest BCUT2D eigenvalue weighted by atomic mass is 10.0. The van der Waals surface area contributed by atoms with E-state index in [0.717, 1.165) is 15.8 Å². The molecule has 0 spiro atoms. The minimum atomic E-state index is 0.987. The molecule has 1 heterocycles. The molecule has 0 aromatic carbocycles. The van der Waals surface area contributed by atoms with Crippen LogP contribution in [0.25, 0.3) is 0 Å². The number of halogens is 1. The van der Waals surface area contributed by atoms with E-state index >= 15 is 0 Å². The van der Waals surface area contributed by atoms with E-state index in [-0.39, 0.29) is 0 Å². The molecule has 1 saturated carbocycles. The third kappa shape index (κ3) is 1.20. The normalized spacial score (nSPS) is 48.0. The van der Waals surface area contributed by atoms with Crippen LogP contribution in [0.3, 0.4) is 0 Å². The summed E-state index contributed by atoms with van der Waals surface area (Å²) in [5.74, 6) is 2.10. The monoisotopic (exact) mass is 251 g/mol. The van der Waals surface area contributed by atoms with Crippen LogP contribution in [0.5, 0.6) is 0 Å². The van der Waals surface area contributed by atoms with Crippen molar-refractivity contribution >= 4 is 22.6 Å². The molecule has 1 saturated heterocycles. The zero-order valence-electron chi connectivity index (χ0n) is 6.39. The maximum Gasteiger partial charge on any atom is 0.0116 e.